The SMILES string of the molecule is Cc1cccc(C(O)c2cc3cccc(F)c3o2)c1Br. The second kappa shape index (κ2) is 5.04. The van der Waals surface area contributed by atoms with Crippen LogP contribution in [0.25, 0.3) is 11.0 Å². The van der Waals surface area contributed by atoms with Gasteiger partial charge in [0, 0.05) is 15.4 Å². The molecule has 0 amide bonds. The molecule has 1 heterocycles. The zero-order chi connectivity index (χ0) is 14.3. The van der Waals surface area contributed by atoms with Crippen LogP contribution in [0, 0.1) is 12.7 Å². The predicted octanol–water partition coefficient (Wildman–Crippen LogP) is 4.72. The maximum Gasteiger partial charge on any atom is 0.170 e. The van der Waals surface area contributed by atoms with Gasteiger partial charge in [0.2, 0.25) is 0 Å². The number of hydrogen-bond acceptors (Lipinski definition) is 2. The molecule has 0 radical (unpaired) electrons. The molecular weight excluding hydrogens is 323 g/mol. The summed E-state index contributed by atoms with van der Waals surface area (Å²) < 4.78 is 19.9. The van der Waals surface area contributed by atoms with Gasteiger partial charge in [0.25, 0.3) is 0 Å². The normalized spacial score (nSPS) is 12.8. The minimum Gasteiger partial charge on any atom is -0.455 e. The Morgan fingerprint density at radius 1 is 1.20 bits per heavy atom. The smallest absolute Gasteiger partial charge is 0.170 e. The topological polar surface area (TPSA) is 33.4 Å². The van der Waals surface area contributed by atoms with Crippen molar-refractivity contribution in [3.8, 4) is 0 Å². The van der Waals surface area contributed by atoms with E-state index in [1.54, 1.807) is 18.2 Å². The highest BCUT2D eigenvalue weighted by Gasteiger charge is 2.19. The monoisotopic (exact) mass is 334 g/mol. The highest BCUT2D eigenvalue weighted by Crippen LogP contribution is 2.33. The quantitative estimate of drug-likeness (QED) is 0.735. The van der Waals surface area contributed by atoms with Gasteiger partial charge < -0.3 is 9.52 Å². The van der Waals surface area contributed by atoms with E-state index < -0.39 is 11.9 Å². The van der Waals surface area contributed by atoms with E-state index in [1.165, 1.54) is 6.07 Å². The van der Waals surface area contributed by atoms with Crippen LogP contribution in [0.4, 0.5) is 4.39 Å². The first kappa shape index (κ1) is 13.3. The average Bonchev–Trinajstić information content (AvgIpc) is 2.87. The van der Waals surface area contributed by atoms with Crippen molar-refractivity contribution in [3.63, 3.8) is 0 Å². The number of aliphatic hydroxyl groups excluding tert-OH is 1. The van der Waals surface area contributed by atoms with E-state index in [-0.39, 0.29) is 5.58 Å². The summed E-state index contributed by atoms with van der Waals surface area (Å²) in [5, 5.41) is 11.1. The van der Waals surface area contributed by atoms with Crippen molar-refractivity contribution in [2.24, 2.45) is 0 Å². The molecule has 3 aromatic rings. The number of aliphatic hydroxyl groups is 1. The van der Waals surface area contributed by atoms with Crippen LogP contribution in [0.3, 0.4) is 0 Å². The highest BCUT2D eigenvalue weighted by molar-refractivity contribution is 9.10. The van der Waals surface area contributed by atoms with Crippen LogP contribution >= 0.6 is 15.9 Å². The minimum absolute atomic E-state index is 0.172. The largest absolute Gasteiger partial charge is 0.455 e. The number of rotatable bonds is 2. The molecule has 1 atom stereocenters. The van der Waals surface area contributed by atoms with E-state index >= 15 is 0 Å². The lowest BCUT2D eigenvalue weighted by Gasteiger charge is -2.11. The Kier molecular flexibility index (Phi) is 3.36. The van der Waals surface area contributed by atoms with Gasteiger partial charge in [-0.15, -0.1) is 0 Å². The first-order chi connectivity index (χ1) is 9.58. The lowest BCUT2D eigenvalue weighted by atomic mass is 10.0. The first-order valence-electron chi connectivity index (χ1n) is 6.19. The lowest BCUT2D eigenvalue weighted by Crippen LogP contribution is -2.00. The summed E-state index contributed by atoms with van der Waals surface area (Å²) >= 11 is 3.46. The molecule has 1 N–H and O–H groups in total. The van der Waals surface area contributed by atoms with Crippen molar-refractivity contribution < 1.29 is 13.9 Å². The van der Waals surface area contributed by atoms with Crippen LogP contribution in [0.1, 0.15) is 23.0 Å². The first-order valence-corrected chi connectivity index (χ1v) is 6.98. The molecule has 0 aliphatic rings. The second-order valence-corrected chi connectivity index (χ2v) is 5.48. The highest BCUT2D eigenvalue weighted by atomic mass is 79.9. The van der Waals surface area contributed by atoms with Crippen LogP contribution in [0.2, 0.25) is 0 Å². The van der Waals surface area contributed by atoms with Crippen LogP contribution in [0.15, 0.2) is 51.4 Å². The number of aryl methyl sites for hydroxylation is 1. The third kappa shape index (κ3) is 2.15. The molecule has 4 heteroatoms. The molecule has 0 aliphatic heterocycles. The molecule has 0 saturated carbocycles. The van der Waals surface area contributed by atoms with E-state index in [4.69, 9.17) is 4.42 Å². The third-order valence-corrected chi connectivity index (χ3v) is 4.38. The molecule has 0 saturated heterocycles. The lowest BCUT2D eigenvalue weighted by molar-refractivity contribution is 0.191. The Bertz CT molecular complexity index is 779. The van der Waals surface area contributed by atoms with E-state index in [0.717, 1.165) is 10.0 Å². The fourth-order valence-electron chi connectivity index (χ4n) is 2.22. The summed E-state index contributed by atoms with van der Waals surface area (Å²) in [4.78, 5) is 0. The fourth-order valence-corrected chi connectivity index (χ4v) is 2.70. The standard InChI is InChI=1S/C16H12BrFO2/c1-9-4-2-6-11(14(9)17)15(19)13-8-10-5-3-7-12(18)16(10)20-13/h2-8,15,19H,1H3. The minimum atomic E-state index is -0.934. The molecule has 102 valence electrons. The zero-order valence-electron chi connectivity index (χ0n) is 10.7. The Labute approximate surface area is 124 Å². The second-order valence-electron chi connectivity index (χ2n) is 4.69. The summed E-state index contributed by atoms with van der Waals surface area (Å²) in [5.74, 6) is -0.0966. The molecular formula is C16H12BrFO2. The molecule has 0 spiro atoms. The Morgan fingerprint density at radius 2 is 1.95 bits per heavy atom. The van der Waals surface area contributed by atoms with Crippen LogP contribution < -0.4 is 0 Å². The molecule has 2 nitrogen and oxygen atoms in total. The summed E-state index contributed by atoms with van der Waals surface area (Å²) in [6, 6.07) is 12.0. The maximum absolute atomic E-state index is 13.6. The van der Waals surface area contributed by atoms with Gasteiger partial charge in [-0.2, -0.15) is 0 Å². The van der Waals surface area contributed by atoms with Gasteiger partial charge in [0.05, 0.1) is 0 Å². The van der Waals surface area contributed by atoms with Crippen molar-refractivity contribution in [1.29, 1.82) is 0 Å². The van der Waals surface area contributed by atoms with E-state index in [1.807, 2.05) is 25.1 Å². The third-order valence-electron chi connectivity index (χ3n) is 3.30. The molecule has 0 fully saturated rings. The number of para-hydroxylation sites is 1. The molecule has 0 bridgehead atoms. The molecule has 1 unspecified atom stereocenters. The number of halogens is 2. The van der Waals surface area contributed by atoms with Crippen LogP contribution in [0.5, 0.6) is 0 Å². The summed E-state index contributed by atoms with van der Waals surface area (Å²) in [5.41, 5.74) is 1.89. The van der Waals surface area contributed by atoms with E-state index in [2.05, 4.69) is 15.9 Å². The van der Waals surface area contributed by atoms with Gasteiger partial charge in [-0.3, -0.25) is 0 Å². The van der Waals surface area contributed by atoms with Crippen molar-refractivity contribution in [2.75, 3.05) is 0 Å². The molecule has 1 aromatic heterocycles. The van der Waals surface area contributed by atoms with E-state index in [9.17, 15) is 9.50 Å². The summed E-state index contributed by atoms with van der Waals surface area (Å²) in [7, 11) is 0. The van der Waals surface area contributed by atoms with Crippen molar-refractivity contribution in [1.82, 2.24) is 0 Å². The van der Waals surface area contributed by atoms with Gasteiger partial charge in [-0.25, -0.2) is 4.39 Å². The molecule has 3 rings (SSSR count). The van der Waals surface area contributed by atoms with Gasteiger partial charge >= 0.3 is 0 Å². The summed E-state index contributed by atoms with van der Waals surface area (Å²) in [6.45, 7) is 1.94. The molecule has 0 aliphatic carbocycles. The molecule has 2 aromatic carbocycles. The molecule has 20 heavy (non-hydrogen) atoms. The Hall–Kier alpha value is -1.65. The van der Waals surface area contributed by atoms with Crippen molar-refractivity contribution in [3.05, 3.63) is 69.6 Å². The van der Waals surface area contributed by atoms with Crippen molar-refractivity contribution in [2.45, 2.75) is 13.0 Å². The number of benzene rings is 2. The van der Waals surface area contributed by atoms with Crippen LogP contribution in [-0.2, 0) is 0 Å². The predicted molar refractivity (Wildman–Crippen MR) is 79.1 cm³/mol. The zero-order valence-corrected chi connectivity index (χ0v) is 12.3. The van der Waals surface area contributed by atoms with Gasteiger partial charge in [-0.05, 0) is 24.6 Å². The fraction of sp³-hybridized carbons (Fsp3) is 0.125. The Morgan fingerprint density at radius 3 is 2.70 bits per heavy atom. The maximum atomic E-state index is 13.6. The summed E-state index contributed by atoms with van der Waals surface area (Å²) in [6.07, 6.45) is -0.934. The average molecular weight is 335 g/mol. The number of furan rings is 1. The van der Waals surface area contributed by atoms with Crippen molar-refractivity contribution >= 4 is 26.9 Å². The van der Waals surface area contributed by atoms with Gasteiger partial charge in [0.1, 0.15) is 11.9 Å². The Balaban J connectivity index is 2.10. The number of fused-ring (bicyclic) bond motifs is 1. The number of hydrogen-bond donors (Lipinski definition) is 1. The van der Waals surface area contributed by atoms with Crippen LogP contribution in [-0.4, -0.2) is 5.11 Å². The van der Waals surface area contributed by atoms with E-state index in [0.29, 0.717) is 16.7 Å². The van der Waals surface area contributed by atoms with Gasteiger partial charge in [-0.1, -0.05) is 46.3 Å². The van der Waals surface area contributed by atoms with Gasteiger partial charge in [0.15, 0.2) is 11.4 Å².